The van der Waals surface area contributed by atoms with Crippen molar-refractivity contribution in [2.75, 3.05) is 9.80 Å². The second kappa shape index (κ2) is 13.2. The Labute approximate surface area is 330 Å². The van der Waals surface area contributed by atoms with Crippen molar-refractivity contribution >= 4 is 98.3 Å². The van der Waals surface area contributed by atoms with Gasteiger partial charge in [-0.2, -0.15) is 0 Å². The molecule has 0 spiro atoms. The Morgan fingerprint density at radius 2 is 0.821 bits per heavy atom. The fourth-order valence-corrected chi connectivity index (χ4v) is 17.3. The van der Waals surface area contributed by atoms with Gasteiger partial charge in [0, 0.05) is 34.2 Å². The number of benzene rings is 8. The highest BCUT2D eigenvalue weighted by Gasteiger charge is 2.49. The molecule has 2 aliphatic rings. The number of rotatable bonds is 5. The zero-order valence-electron chi connectivity index (χ0n) is 30.6. The zero-order valence-corrected chi connectivity index (χ0v) is 32.6. The molecule has 0 bridgehead atoms. The van der Waals surface area contributed by atoms with Crippen LogP contribution in [0.2, 0.25) is 0 Å². The lowest BCUT2D eigenvalue weighted by molar-refractivity contribution is 1.20. The summed E-state index contributed by atoms with van der Waals surface area (Å²) in [6.45, 7) is 0. The third-order valence-corrected chi connectivity index (χ3v) is 19.2. The third kappa shape index (κ3) is 4.85. The van der Waals surface area contributed by atoms with Gasteiger partial charge in [-0.15, -0.1) is 0 Å². The van der Waals surface area contributed by atoms with Crippen LogP contribution < -0.4 is 46.1 Å². The number of hydrogen-bond acceptors (Lipinski definition) is 3. The summed E-state index contributed by atoms with van der Waals surface area (Å²) in [5.74, 6) is 0.899. The van der Waals surface area contributed by atoms with Crippen LogP contribution in [-0.4, -0.2) is 21.9 Å². The normalized spacial score (nSPS) is 14.1. The van der Waals surface area contributed by atoms with Gasteiger partial charge in [0.25, 0.3) is 0 Å². The lowest BCUT2D eigenvalue weighted by Crippen LogP contribution is -2.77. The number of hydrogen-bond donors (Lipinski definition) is 0. The molecule has 0 amide bonds. The second-order valence-electron chi connectivity index (χ2n) is 14.5. The number of fused-ring (bicyclic) bond motifs is 5. The predicted molar refractivity (Wildman–Crippen MR) is 239 cm³/mol. The van der Waals surface area contributed by atoms with Gasteiger partial charge in [-0.05, 0) is 61.5 Å². The van der Waals surface area contributed by atoms with E-state index in [1.54, 1.807) is 0 Å². The molecule has 56 heavy (non-hydrogen) atoms. The van der Waals surface area contributed by atoms with Gasteiger partial charge >= 0.3 is 0 Å². The van der Waals surface area contributed by atoms with E-state index in [0.717, 1.165) is 22.4 Å². The fraction of sp³-hybridized carbons (Fsp3) is 0. The monoisotopic (exact) mass is 746 g/mol. The second-order valence-corrected chi connectivity index (χ2v) is 20.6. The highest BCUT2D eigenvalue weighted by molar-refractivity contribution is 7.21. The van der Waals surface area contributed by atoms with Crippen LogP contribution in [0.3, 0.4) is 0 Å². The van der Waals surface area contributed by atoms with Gasteiger partial charge in [-0.1, -0.05) is 187 Å². The predicted octanol–water partition coefficient (Wildman–Crippen LogP) is 7.69. The molecule has 8 aromatic carbocycles. The number of anilines is 6. The summed E-state index contributed by atoms with van der Waals surface area (Å²) < 4.78 is 0. The molecule has 1 radical (unpaired) electrons. The Kier molecular flexibility index (Phi) is 7.69. The largest absolute Gasteiger partial charge is 0.310 e. The minimum atomic E-state index is -2.76. The lowest BCUT2D eigenvalue weighted by Gasteiger charge is -2.45. The van der Waals surface area contributed by atoms with Crippen molar-refractivity contribution in [2.45, 2.75) is 0 Å². The Hall–Kier alpha value is -6.80. The molecule has 3 nitrogen and oxygen atoms in total. The Bertz CT molecular complexity index is 2760. The SMILES string of the molecule is c1ccc([Si]2c3ccccc3N(c3cc(N4c5ccccc5[Si](c5ccccc5)(c5ccccc5)c5ccccc54)nc4ccccc34)c3ccccc32)cc1. The number of pyridine rings is 1. The van der Waals surface area contributed by atoms with Crippen molar-refractivity contribution < 1.29 is 0 Å². The maximum atomic E-state index is 5.54. The average Bonchev–Trinajstić information content (AvgIpc) is 3.28. The standard InChI is InChI=1S/C51H36N3Si2/c1-4-20-37(21-5-1)55-47-32-16-12-28-42(47)53(43-29-13-17-33-48(43)55)46-36-51(52-41-27-11-10-26-40(41)46)54-44-30-14-18-34-49(44)56(38-22-6-2-7-23-38,39-24-8-3-9-25-39)50-35-19-15-31-45(50)54/h1-36H. The van der Waals surface area contributed by atoms with E-state index in [1.165, 1.54) is 59.1 Å². The van der Waals surface area contributed by atoms with Crippen LogP contribution in [-0.2, 0) is 0 Å². The van der Waals surface area contributed by atoms with Gasteiger partial charge in [0.2, 0.25) is 0 Å². The van der Waals surface area contributed by atoms with Crippen LogP contribution in [0, 0.1) is 0 Å². The molecule has 3 heterocycles. The summed E-state index contributed by atoms with van der Waals surface area (Å²) in [6, 6.07) is 80.6. The third-order valence-electron chi connectivity index (χ3n) is 11.6. The van der Waals surface area contributed by atoms with Gasteiger partial charge in [-0.25, -0.2) is 4.98 Å². The highest BCUT2D eigenvalue weighted by Crippen LogP contribution is 2.44. The number of para-hydroxylation sites is 5. The van der Waals surface area contributed by atoms with Crippen LogP contribution in [0.25, 0.3) is 10.9 Å². The van der Waals surface area contributed by atoms with Crippen LogP contribution in [0.4, 0.5) is 34.3 Å². The first-order valence-corrected chi connectivity index (χ1v) is 22.7. The summed E-state index contributed by atoms with van der Waals surface area (Å²) in [5.41, 5.74) is 6.89. The molecule has 0 fully saturated rings. The summed E-state index contributed by atoms with van der Waals surface area (Å²) in [4.78, 5) is 10.5. The van der Waals surface area contributed by atoms with Crippen molar-refractivity contribution in [1.82, 2.24) is 4.98 Å². The van der Waals surface area contributed by atoms with E-state index in [4.69, 9.17) is 4.98 Å². The smallest absolute Gasteiger partial charge is 0.184 e. The maximum Gasteiger partial charge on any atom is 0.184 e. The van der Waals surface area contributed by atoms with Crippen LogP contribution in [0.15, 0.2) is 218 Å². The minimum Gasteiger partial charge on any atom is -0.310 e. The minimum absolute atomic E-state index is 0.899. The lowest BCUT2D eigenvalue weighted by atomic mass is 10.1. The van der Waals surface area contributed by atoms with Crippen molar-refractivity contribution in [3.63, 3.8) is 0 Å². The van der Waals surface area contributed by atoms with Gasteiger partial charge in [-0.3, -0.25) is 4.90 Å². The molecular weight excluding hydrogens is 711 g/mol. The molecule has 0 saturated heterocycles. The van der Waals surface area contributed by atoms with E-state index in [2.05, 4.69) is 228 Å². The summed E-state index contributed by atoms with van der Waals surface area (Å²) in [6.07, 6.45) is 0. The molecule has 1 aromatic heterocycles. The summed E-state index contributed by atoms with van der Waals surface area (Å²) >= 11 is 0. The summed E-state index contributed by atoms with van der Waals surface area (Å²) in [7, 11) is -4.03. The van der Waals surface area contributed by atoms with Crippen molar-refractivity contribution in [1.29, 1.82) is 0 Å². The quantitative estimate of drug-likeness (QED) is 0.169. The van der Waals surface area contributed by atoms with E-state index >= 15 is 0 Å². The number of aromatic nitrogens is 1. The van der Waals surface area contributed by atoms with Crippen molar-refractivity contribution in [3.05, 3.63) is 218 Å². The molecule has 2 aliphatic heterocycles. The molecule has 263 valence electrons. The van der Waals surface area contributed by atoms with Gasteiger partial charge in [0.1, 0.15) is 5.82 Å². The fourth-order valence-electron chi connectivity index (χ4n) is 9.31. The molecule has 0 saturated carbocycles. The molecule has 0 unspecified atom stereocenters. The van der Waals surface area contributed by atoms with E-state index in [0.29, 0.717) is 0 Å². The van der Waals surface area contributed by atoms with Gasteiger partial charge in [0.15, 0.2) is 16.9 Å². The Morgan fingerprint density at radius 1 is 0.375 bits per heavy atom. The Morgan fingerprint density at radius 3 is 1.39 bits per heavy atom. The van der Waals surface area contributed by atoms with Gasteiger partial charge in [0.05, 0.1) is 11.2 Å². The van der Waals surface area contributed by atoms with E-state index in [9.17, 15) is 0 Å². The Balaban J connectivity index is 1.19. The van der Waals surface area contributed by atoms with E-state index < -0.39 is 16.9 Å². The molecule has 11 rings (SSSR count). The summed E-state index contributed by atoms with van der Waals surface area (Å²) in [5, 5.41) is 10.7. The van der Waals surface area contributed by atoms with E-state index in [1.807, 2.05) is 0 Å². The first-order valence-electron chi connectivity index (χ1n) is 19.2. The van der Waals surface area contributed by atoms with E-state index in [-0.39, 0.29) is 0 Å². The highest BCUT2D eigenvalue weighted by atomic mass is 28.3. The number of nitrogens with zero attached hydrogens (tertiary/aromatic N) is 3. The van der Waals surface area contributed by atoms with Crippen molar-refractivity contribution in [3.8, 4) is 0 Å². The molecule has 0 atom stereocenters. The zero-order chi connectivity index (χ0) is 37.1. The van der Waals surface area contributed by atoms with Crippen LogP contribution in [0.5, 0.6) is 0 Å². The molecule has 0 aliphatic carbocycles. The van der Waals surface area contributed by atoms with Crippen molar-refractivity contribution in [2.24, 2.45) is 0 Å². The van der Waals surface area contributed by atoms with Crippen LogP contribution in [0.1, 0.15) is 0 Å². The maximum absolute atomic E-state index is 5.54. The van der Waals surface area contributed by atoms with Gasteiger partial charge < -0.3 is 4.90 Å². The van der Waals surface area contributed by atoms with Crippen LogP contribution >= 0.6 is 0 Å². The average molecular weight is 747 g/mol. The first kappa shape index (κ1) is 32.6. The molecular formula is C51H36N3Si2. The first-order chi connectivity index (χ1) is 27.8. The topological polar surface area (TPSA) is 19.4 Å². The molecule has 5 heteroatoms. The molecule has 0 N–H and O–H groups in total. The molecule has 9 aromatic rings.